The summed E-state index contributed by atoms with van der Waals surface area (Å²) in [5, 5.41) is 9.52. The number of nitrogens with zero attached hydrogens (tertiary/aromatic N) is 1. The Morgan fingerprint density at radius 1 is 1.00 bits per heavy atom. The number of ether oxygens (including phenoxy) is 1. The summed E-state index contributed by atoms with van der Waals surface area (Å²) in [6.07, 6.45) is -0.237. The van der Waals surface area contributed by atoms with Gasteiger partial charge in [-0.2, -0.15) is 0 Å². The van der Waals surface area contributed by atoms with E-state index in [1.54, 1.807) is 12.1 Å². The van der Waals surface area contributed by atoms with Gasteiger partial charge in [0, 0.05) is 23.6 Å². The number of carbonyl (C=O) groups is 2. The fraction of sp³-hybridized carbons (Fsp3) is 0.370. The van der Waals surface area contributed by atoms with Crippen LogP contribution in [-0.4, -0.2) is 34.7 Å². The van der Waals surface area contributed by atoms with Crippen LogP contribution in [0, 0.1) is 0 Å². The van der Waals surface area contributed by atoms with Crippen molar-refractivity contribution >= 4 is 40.7 Å². The van der Waals surface area contributed by atoms with E-state index in [1.807, 2.05) is 69.0 Å². The van der Waals surface area contributed by atoms with Crippen molar-refractivity contribution in [3.8, 4) is 0 Å². The van der Waals surface area contributed by atoms with Crippen LogP contribution in [-0.2, 0) is 9.53 Å². The van der Waals surface area contributed by atoms with Crippen LogP contribution >= 0.6 is 12.2 Å². The van der Waals surface area contributed by atoms with Gasteiger partial charge in [-0.3, -0.25) is 0 Å². The number of hydrogen-bond donors (Lipinski definition) is 3. The van der Waals surface area contributed by atoms with Gasteiger partial charge in [-0.25, -0.2) is 9.59 Å². The lowest BCUT2D eigenvalue weighted by Gasteiger charge is -2.37. The standard InChI is InChI=1S/C27H34N4O3S/c1-7-31-18(6)23(25(32)34-17(4)5)24(30-27(31)35)20-10-14-22(15-11-20)29-26(33)28-21-12-8-19(9-13-21)16(2)3/h8-17,24H,7H2,1-6H3,(H,30,35)(H2,28,29,33)/t24-/m1/s1. The number of anilines is 2. The minimum atomic E-state index is -0.445. The molecule has 2 aromatic rings. The topological polar surface area (TPSA) is 82.7 Å². The Hall–Kier alpha value is -3.39. The van der Waals surface area contributed by atoms with Crippen molar-refractivity contribution in [2.45, 2.75) is 59.6 Å². The first-order valence-electron chi connectivity index (χ1n) is 11.9. The highest BCUT2D eigenvalue weighted by Gasteiger charge is 2.34. The number of rotatable bonds is 7. The SMILES string of the molecule is CCN1C(=S)N[C@H](c2ccc(NC(=O)Nc3ccc(C(C)C)cc3)cc2)C(C(=O)OC(C)C)=C1C. The summed E-state index contributed by atoms with van der Waals surface area (Å²) in [5.41, 5.74) is 4.71. The van der Waals surface area contributed by atoms with Gasteiger partial charge in [0.25, 0.3) is 0 Å². The summed E-state index contributed by atoms with van der Waals surface area (Å²) in [6, 6.07) is 14.4. The van der Waals surface area contributed by atoms with E-state index in [0.29, 0.717) is 28.8 Å². The number of allylic oxidation sites excluding steroid dienone is 1. The first kappa shape index (κ1) is 26.2. The maximum absolute atomic E-state index is 13.0. The normalized spacial score (nSPS) is 15.8. The Labute approximate surface area is 212 Å². The van der Waals surface area contributed by atoms with Gasteiger partial charge >= 0.3 is 12.0 Å². The fourth-order valence-electron chi connectivity index (χ4n) is 3.96. The molecule has 35 heavy (non-hydrogen) atoms. The van der Waals surface area contributed by atoms with Crippen molar-refractivity contribution in [3.63, 3.8) is 0 Å². The highest BCUT2D eigenvalue weighted by Crippen LogP contribution is 2.32. The predicted molar refractivity (Wildman–Crippen MR) is 144 cm³/mol. The van der Waals surface area contributed by atoms with Gasteiger partial charge in [-0.05, 0) is 81.2 Å². The third-order valence-electron chi connectivity index (χ3n) is 5.81. The van der Waals surface area contributed by atoms with E-state index in [2.05, 4.69) is 29.8 Å². The molecule has 0 bridgehead atoms. The molecule has 0 unspecified atom stereocenters. The van der Waals surface area contributed by atoms with Gasteiger partial charge in [0.1, 0.15) is 0 Å². The van der Waals surface area contributed by atoms with Crippen LogP contribution in [0.3, 0.4) is 0 Å². The third kappa shape index (κ3) is 6.39. The molecule has 0 saturated heterocycles. The maximum Gasteiger partial charge on any atom is 0.338 e. The van der Waals surface area contributed by atoms with Crippen LogP contribution in [0.15, 0.2) is 59.8 Å². The second-order valence-corrected chi connectivity index (χ2v) is 9.44. The van der Waals surface area contributed by atoms with Gasteiger partial charge < -0.3 is 25.6 Å². The molecule has 3 rings (SSSR count). The Morgan fingerprint density at radius 2 is 1.54 bits per heavy atom. The molecule has 8 heteroatoms. The van der Waals surface area contributed by atoms with E-state index >= 15 is 0 Å². The van der Waals surface area contributed by atoms with E-state index in [-0.39, 0.29) is 18.1 Å². The van der Waals surface area contributed by atoms with Gasteiger partial charge in [-0.15, -0.1) is 0 Å². The Bertz CT molecular complexity index is 1110. The van der Waals surface area contributed by atoms with E-state index in [1.165, 1.54) is 5.56 Å². The molecule has 0 spiro atoms. The molecule has 1 aliphatic heterocycles. The summed E-state index contributed by atoms with van der Waals surface area (Å²) in [4.78, 5) is 27.3. The number of carbonyl (C=O) groups excluding carboxylic acids is 2. The molecule has 0 radical (unpaired) electrons. The zero-order chi connectivity index (χ0) is 25.7. The average Bonchev–Trinajstić information content (AvgIpc) is 2.79. The number of esters is 1. The van der Waals surface area contributed by atoms with Crippen molar-refractivity contribution in [3.05, 3.63) is 70.9 Å². The average molecular weight is 495 g/mol. The molecule has 2 aromatic carbocycles. The first-order chi connectivity index (χ1) is 16.6. The molecule has 2 amide bonds. The Kier molecular flexibility index (Phi) is 8.51. The molecular formula is C27H34N4O3S. The summed E-state index contributed by atoms with van der Waals surface area (Å²) in [5.74, 6) is 0.0573. The first-order valence-corrected chi connectivity index (χ1v) is 12.3. The zero-order valence-corrected chi connectivity index (χ0v) is 22.0. The van der Waals surface area contributed by atoms with Crippen LogP contribution in [0.5, 0.6) is 0 Å². The molecule has 0 aliphatic carbocycles. The summed E-state index contributed by atoms with van der Waals surface area (Å²) >= 11 is 5.54. The molecule has 1 heterocycles. The van der Waals surface area contributed by atoms with Gasteiger partial charge in [0.05, 0.1) is 17.7 Å². The highest BCUT2D eigenvalue weighted by molar-refractivity contribution is 7.80. The van der Waals surface area contributed by atoms with Gasteiger partial charge in [0.2, 0.25) is 0 Å². The van der Waals surface area contributed by atoms with E-state index < -0.39 is 6.04 Å². The van der Waals surface area contributed by atoms with Crippen molar-refractivity contribution in [2.75, 3.05) is 17.2 Å². The quantitative estimate of drug-likeness (QED) is 0.327. The second kappa shape index (κ2) is 11.4. The molecule has 7 nitrogen and oxygen atoms in total. The lowest BCUT2D eigenvalue weighted by molar-refractivity contribution is -0.143. The van der Waals surface area contributed by atoms with Crippen LogP contribution in [0.1, 0.15) is 64.6 Å². The maximum atomic E-state index is 13.0. The Morgan fingerprint density at radius 3 is 2.03 bits per heavy atom. The minimum absolute atomic E-state index is 0.237. The van der Waals surface area contributed by atoms with Gasteiger partial charge in [-0.1, -0.05) is 38.1 Å². The number of urea groups is 1. The van der Waals surface area contributed by atoms with Crippen LogP contribution in [0.2, 0.25) is 0 Å². The molecule has 1 atom stereocenters. The monoisotopic (exact) mass is 494 g/mol. The van der Waals surface area contributed by atoms with E-state index in [9.17, 15) is 9.59 Å². The predicted octanol–water partition coefficient (Wildman–Crippen LogP) is 5.93. The molecule has 0 fully saturated rings. The number of hydrogen-bond acceptors (Lipinski definition) is 4. The largest absolute Gasteiger partial charge is 0.459 e. The third-order valence-corrected chi connectivity index (χ3v) is 6.15. The van der Waals surface area contributed by atoms with E-state index in [0.717, 1.165) is 16.9 Å². The van der Waals surface area contributed by atoms with Crippen molar-refractivity contribution < 1.29 is 14.3 Å². The molecule has 1 aliphatic rings. The highest BCUT2D eigenvalue weighted by atomic mass is 32.1. The van der Waals surface area contributed by atoms with Gasteiger partial charge in [0.15, 0.2) is 5.11 Å². The lowest BCUT2D eigenvalue weighted by Crippen LogP contribution is -2.47. The smallest absolute Gasteiger partial charge is 0.338 e. The summed E-state index contributed by atoms with van der Waals surface area (Å²) < 4.78 is 5.52. The van der Waals surface area contributed by atoms with Crippen LogP contribution in [0.4, 0.5) is 16.2 Å². The molecule has 3 N–H and O–H groups in total. The Balaban J connectivity index is 1.75. The number of amides is 2. The zero-order valence-electron chi connectivity index (χ0n) is 21.1. The number of thiocarbonyl (C=S) groups is 1. The van der Waals surface area contributed by atoms with Crippen molar-refractivity contribution in [1.29, 1.82) is 0 Å². The molecule has 0 saturated carbocycles. The van der Waals surface area contributed by atoms with Crippen LogP contribution in [0.25, 0.3) is 0 Å². The summed E-state index contributed by atoms with van der Waals surface area (Å²) in [6.45, 7) is 12.4. The number of nitrogens with one attached hydrogen (secondary N) is 3. The van der Waals surface area contributed by atoms with E-state index in [4.69, 9.17) is 17.0 Å². The molecule has 0 aromatic heterocycles. The summed E-state index contributed by atoms with van der Waals surface area (Å²) in [7, 11) is 0. The van der Waals surface area contributed by atoms with Crippen molar-refractivity contribution in [2.24, 2.45) is 0 Å². The van der Waals surface area contributed by atoms with Crippen LogP contribution < -0.4 is 16.0 Å². The minimum Gasteiger partial charge on any atom is -0.459 e. The lowest BCUT2D eigenvalue weighted by atomic mass is 9.94. The second-order valence-electron chi connectivity index (χ2n) is 9.06. The number of benzene rings is 2. The molecule has 186 valence electrons. The fourth-order valence-corrected chi connectivity index (χ4v) is 4.34. The van der Waals surface area contributed by atoms with Crippen molar-refractivity contribution in [1.82, 2.24) is 10.2 Å². The molecular weight excluding hydrogens is 460 g/mol.